The Balaban J connectivity index is 1.68. The lowest BCUT2D eigenvalue weighted by atomic mass is 10.1. The van der Waals surface area contributed by atoms with Crippen molar-refractivity contribution in [1.29, 1.82) is 0 Å². The number of amides is 2. The van der Waals surface area contributed by atoms with Gasteiger partial charge in [0.1, 0.15) is 18.1 Å². The Kier molecular flexibility index (Phi) is 7.53. The molecule has 1 aromatic carbocycles. The summed E-state index contributed by atoms with van der Waals surface area (Å²) in [4.78, 5) is 49.4. The Morgan fingerprint density at radius 2 is 1.81 bits per heavy atom. The topological polar surface area (TPSA) is 103 Å². The van der Waals surface area contributed by atoms with Gasteiger partial charge < -0.3 is 13.9 Å². The van der Waals surface area contributed by atoms with E-state index in [4.69, 9.17) is 13.9 Å². The van der Waals surface area contributed by atoms with Gasteiger partial charge >= 0.3 is 11.9 Å². The van der Waals surface area contributed by atoms with Crippen molar-refractivity contribution in [2.45, 2.75) is 20.8 Å². The van der Waals surface area contributed by atoms with E-state index >= 15 is 0 Å². The highest BCUT2D eigenvalue weighted by atomic mass is 32.2. The molecule has 0 spiro atoms. The zero-order valence-electron chi connectivity index (χ0n) is 18.0. The molecule has 1 saturated heterocycles. The average Bonchev–Trinajstić information content (AvgIpc) is 3.33. The van der Waals surface area contributed by atoms with Crippen molar-refractivity contribution in [3.63, 3.8) is 0 Å². The number of carbonyl (C=O) groups is 4. The quantitative estimate of drug-likeness (QED) is 0.426. The van der Waals surface area contributed by atoms with Crippen LogP contribution in [-0.4, -0.2) is 47.7 Å². The Labute approximate surface area is 189 Å². The number of hydrogen-bond donors (Lipinski definition) is 0. The standard InChI is InChI=1S/C23H23NO7S/c1-4-29-22(27)16-7-5-15(6-8-16)18-10-9-17(31-18)11-19-21(26)24(23(28)32-19)12-20(25)30-13-14(2)3/h5-11,14H,4,12-13H2,1-3H3/b19-11+. The average molecular weight is 458 g/mol. The zero-order valence-corrected chi connectivity index (χ0v) is 18.8. The van der Waals surface area contributed by atoms with Gasteiger partial charge in [-0.25, -0.2) is 4.79 Å². The van der Waals surface area contributed by atoms with Crippen LogP contribution < -0.4 is 0 Å². The first-order valence-corrected chi connectivity index (χ1v) is 10.9. The second-order valence-corrected chi connectivity index (χ2v) is 8.34. The predicted octanol–water partition coefficient (Wildman–Crippen LogP) is 4.36. The third-order valence-corrected chi connectivity index (χ3v) is 5.23. The monoisotopic (exact) mass is 457 g/mol. The third-order valence-electron chi connectivity index (χ3n) is 4.32. The molecule has 168 valence electrons. The summed E-state index contributed by atoms with van der Waals surface area (Å²) >= 11 is 0.737. The molecule has 1 aliphatic heterocycles. The molecule has 2 heterocycles. The third kappa shape index (κ3) is 5.67. The first-order valence-electron chi connectivity index (χ1n) is 10.1. The molecule has 0 aliphatic carbocycles. The van der Waals surface area contributed by atoms with Gasteiger partial charge in [-0.1, -0.05) is 26.0 Å². The summed E-state index contributed by atoms with van der Waals surface area (Å²) in [6.45, 7) is 5.62. The maximum absolute atomic E-state index is 12.5. The number of esters is 2. The normalized spacial score (nSPS) is 15.0. The fourth-order valence-electron chi connectivity index (χ4n) is 2.77. The van der Waals surface area contributed by atoms with E-state index in [-0.39, 0.29) is 17.4 Å². The maximum atomic E-state index is 12.5. The fourth-order valence-corrected chi connectivity index (χ4v) is 3.59. The Hall–Kier alpha value is -3.33. The van der Waals surface area contributed by atoms with Crippen LogP contribution in [0, 0.1) is 5.92 Å². The van der Waals surface area contributed by atoms with Gasteiger partial charge in [0.15, 0.2) is 0 Å². The van der Waals surface area contributed by atoms with Crippen LogP contribution in [-0.2, 0) is 19.1 Å². The molecule has 0 unspecified atom stereocenters. The van der Waals surface area contributed by atoms with E-state index in [1.807, 2.05) is 13.8 Å². The first-order chi connectivity index (χ1) is 15.3. The van der Waals surface area contributed by atoms with E-state index in [1.54, 1.807) is 43.3 Å². The van der Waals surface area contributed by atoms with Gasteiger partial charge in [-0.3, -0.25) is 19.3 Å². The Morgan fingerprint density at radius 1 is 1.09 bits per heavy atom. The minimum absolute atomic E-state index is 0.156. The van der Waals surface area contributed by atoms with Gasteiger partial charge in [-0.2, -0.15) is 0 Å². The highest BCUT2D eigenvalue weighted by Crippen LogP contribution is 2.33. The van der Waals surface area contributed by atoms with Crippen molar-refractivity contribution in [2.75, 3.05) is 19.8 Å². The predicted molar refractivity (Wildman–Crippen MR) is 119 cm³/mol. The van der Waals surface area contributed by atoms with Gasteiger partial charge in [0.2, 0.25) is 0 Å². The zero-order chi connectivity index (χ0) is 23.3. The molecule has 0 N–H and O–H groups in total. The molecule has 0 bridgehead atoms. The molecular weight excluding hydrogens is 434 g/mol. The molecule has 2 aromatic rings. The first kappa shape index (κ1) is 23.3. The van der Waals surface area contributed by atoms with Crippen LogP contribution in [0.1, 0.15) is 36.9 Å². The fraction of sp³-hybridized carbons (Fsp3) is 0.304. The number of carbonyl (C=O) groups excluding carboxylic acids is 4. The van der Waals surface area contributed by atoms with E-state index in [0.29, 0.717) is 23.7 Å². The molecule has 1 aliphatic rings. The van der Waals surface area contributed by atoms with Gasteiger partial charge in [-0.15, -0.1) is 0 Å². The van der Waals surface area contributed by atoms with Crippen LogP contribution in [0.4, 0.5) is 4.79 Å². The number of benzene rings is 1. The number of thioether (sulfide) groups is 1. The molecule has 0 saturated carbocycles. The van der Waals surface area contributed by atoms with Crippen LogP contribution in [0.2, 0.25) is 0 Å². The van der Waals surface area contributed by atoms with E-state index < -0.39 is 29.6 Å². The van der Waals surface area contributed by atoms with Crippen molar-refractivity contribution in [3.8, 4) is 11.3 Å². The number of nitrogens with zero attached hydrogens (tertiary/aromatic N) is 1. The Morgan fingerprint density at radius 3 is 2.47 bits per heavy atom. The number of imide groups is 1. The van der Waals surface area contributed by atoms with E-state index in [1.165, 1.54) is 6.08 Å². The largest absolute Gasteiger partial charge is 0.464 e. The number of ether oxygens (including phenoxy) is 2. The molecule has 0 radical (unpaired) electrons. The lowest BCUT2D eigenvalue weighted by Gasteiger charge is -2.12. The highest BCUT2D eigenvalue weighted by molar-refractivity contribution is 8.18. The molecular formula is C23H23NO7S. The SMILES string of the molecule is CCOC(=O)c1ccc(-c2ccc(/C=C3/SC(=O)N(CC(=O)OCC(C)C)C3=O)o2)cc1. The van der Waals surface area contributed by atoms with Crippen molar-refractivity contribution in [1.82, 2.24) is 4.90 Å². The van der Waals surface area contributed by atoms with E-state index in [2.05, 4.69) is 0 Å². The van der Waals surface area contributed by atoms with Crippen LogP contribution in [0.15, 0.2) is 45.7 Å². The molecule has 1 aromatic heterocycles. The summed E-state index contributed by atoms with van der Waals surface area (Å²) in [5.74, 6) is -0.538. The Bertz CT molecular complexity index is 1050. The number of rotatable bonds is 8. The summed E-state index contributed by atoms with van der Waals surface area (Å²) in [6, 6.07) is 10.1. The molecule has 9 heteroatoms. The molecule has 1 fully saturated rings. The van der Waals surface area contributed by atoms with Crippen molar-refractivity contribution >= 4 is 40.9 Å². The molecule has 32 heavy (non-hydrogen) atoms. The van der Waals surface area contributed by atoms with Gasteiger partial charge in [0.05, 0.1) is 23.7 Å². The van der Waals surface area contributed by atoms with E-state index in [0.717, 1.165) is 22.2 Å². The minimum Gasteiger partial charge on any atom is -0.464 e. The molecule has 0 atom stereocenters. The summed E-state index contributed by atoms with van der Waals surface area (Å²) in [5.41, 5.74) is 1.17. The molecule has 3 rings (SSSR count). The van der Waals surface area contributed by atoms with Gasteiger partial charge in [-0.05, 0) is 48.9 Å². The summed E-state index contributed by atoms with van der Waals surface area (Å²) < 4.78 is 15.8. The van der Waals surface area contributed by atoms with Gasteiger partial charge in [0, 0.05) is 11.6 Å². The van der Waals surface area contributed by atoms with Crippen molar-refractivity contribution in [3.05, 3.63) is 52.6 Å². The highest BCUT2D eigenvalue weighted by Gasteiger charge is 2.37. The summed E-state index contributed by atoms with van der Waals surface area (Å²) in [5, 5.41) is -0.538. The minimum atomic E-state index is -0.631. The van der Waals surface area contributed by atoms with Crippen LogP contribution >= 0.6 is 11.8 Å². The number of furan rings is 1. The second kappa shape index (κ2) is 10.3. The second-order valence-electron chi connectivity index (χ2n) is 7.34. The van der Waals surface area contributed by atoms with Gasteiger partial charge in [0.25, 0.3) is 11.1 Å². The molecule has 2 amide bonds. The summed E-state index contributed by atoms with van der Waals surface area (Å²) in [7, 11) is 0. The lowest BCUT2D eigenvalue weighted by molar-refractivity contribution is -0.147. The van der Waals surface area contributed by atoms with Crippen molar-refractivity contribution in [2.24, 2.45) is 5.92 Å². The van der Waals surface area contributed by atoms with Crippen molar-refractivity contribution < 1.29 is 33.1 Å². The van der Waals surface area contributed by atoms with Crippen LogP contribution in [0.5, 0.6) is 0 Å². The number of hydrogen-bond acceptors (Lipinski definition) is 8. The van der Waals surface area contributed by atoms with E-state index in [9.17, 15) is 19.2 Å². The van der Waals surface area contributed by atoms with Crippen LogP contribution in [0.25, 0.3) is 17.4 Å². The lowest BCUT2D eigenvalue weighted by Crippen LogP contribution is -2.34. The summed E-state index contributed by atoms with van der Waals surface area (Å²) in [6.07, 6.45) is 1.46. The molecule has 8 nitrogen and oxygen atoms in total. The van der Waals surface area contributed by atoms with Crippen LogP contribution in [0.3, 0.4) is 0 Å². The maximum Gasteiger partial charge on any atom is 0.338 e. The smallest absolute Gasteiger partial charge is 0.338 e.